The fraction of sp³-hybridized carbons (Fsp3) is 0.182. The van der Waals surface area contributed by atoms with Crippen LogP contribution in [-0.2, 0) is 21.7 Å². The van der Waals surface area contributed by atoms with Crippen LogP contribution in [0.25, 0.3) is 88.4 Å². The van der Waals surface area contributed by atoms with Gasteiger partial charge in [-0.2, -0.15) is 0 Å². The number of rotatable bonds is 3. The summed E-state index contributed by atoms with van der Waals surface area (Å²) in [5.74, 6) is 0. The lowest BCUT2D eigenvalue weighted by atomic mass is 9.72. The van der Waals surface area contributed by atoms with E-state index in [-0.39, 0.29) is 21.7 Å². The molecule has 0 fully saturated rings. The summed E-state index contributed by atoms with van der Waals surface area (Å²) in [4.78, 5) is 2.48. The Hall–Kier alpha value is -7.62. The van der Waals surface area contributed by atoms with Crippen LogP contribution < -0.4 is 4.90 Å². The maximum Gasteiger partial charge on any atom is 0.144 e. The summed E-state index contributed by atoms with van der Waals surface area (Å²) < 4.78 is 14.0. The first-order valence-electron chi connectivity index (χ1n) is 24.7. The predicted molar refractivity (Wildman–Crippen MR) is 286 cm³/mol. The number of anilines is 3. The van der Waals surface area contributed by atoms with Crippen molar-refractivity contribution in [1.82, 2.24) is 0 Å². The molecule has 0 saturated heterocycles. The van der Waals surface area contributed by atoms with Crippen molar-refractivity contribution in [2.45, 2.75) is 77.0 Å². The Balaban J connectivity index is 0.960. The van der Waals surface area contributed by atoms with Gasteiger partial charge in [0, 0.05) is 71.4 Å². The van der Waals surface area contributed by atoms with Gasteiger partial charge in [0.15, 0.2) is 0 Å². The maximum atomic E-state index is 6.99. The number of furan rings is 2. The number of para-hydroxylation sites is 3. The molecule has 0 aliphatic heterocycles. The van der Waals surface area contributed by atoms with E-state index in [2.05, 4.69) is 224 Å². The summed E-state index contributed by atoms with van der Waals surface area (Å²) in [6, 6.07) is 60.7. The maximum absolute atomic E-state index is 6.99. The molecule has 4 aliphatic carbocycles. The summed E-state index contributed by atoms with van der Waals surface area (Å²) in [5.41, 5.74) is 27.5. The van der Waals surface area contributed by atoms with Crippen molar-refractivity contribution in [2.24, 2.45) is 0 Å². The normalized spacial score (nSPS) is 16.6. The second kappa shape index (κ2) is 12.7. The van der Waals surface area contributed by atoms with Crippen LogP contribution in [0.4, 0.5) is 17.1 Å². The standard InChI is InChI=1S/C66H51NO2/c1-63(2)45-26-16-12-22-39(45)55-59(63)57-51(53-43-24-14-18-28-49(43)68-61(53)55)41-32-30-37(34-47(41)65(57,5)6)67(36-20-10-9-11-21-36)38-31-33-42-48(35-38)66(7,8)58-52(42)54-44-25-15-19-29-50(44)69-62(54)56-40-23-13-17-27-46(40)64(3,4)60(56)58/h9-35H,1-8H3. The van der Waals surface area contributed by atoms with Gasteiger partial charge in [0.25, 0.3) is 0 Å². The number of fused-ring (bicyclic) bond motifs is 24. The SMILES string of the molecule is CC1(C)c2ccccc2-c2c1c1c(c3c2oc2ccccc23)-c2ccc(N(c3ccccc3)c3ccc4c(c3)C(C)(C)c3c5c(c6oc7ccccc7c6c3-4)-c3ccccc3C5(C)C)cc2C1(C)C. The van der Waals surface area contributed by atoms with Crippen LogP contribution in [0.3, 0.4) is 0 Å². The molecule has 69 heavy (non-hydrogen) atoms. The van der Waals surface area contributed by atoms with Crippen molar-refractivity contribution in [3.8, 4) is 44.5 Å². The third kappa shape index (κ3) is 4.65. The first-order valence-corrected chi connectivity index (χ1v) is 24.7. The monoisotopic (exact) mass is 889 g/mol. The molecule has 4 aliphatic rings. The lowest BCUT2D eigenvalue weighted by molar-refractivity contribution is 0.600. The van der Waals surface area contributed by atoms with Crippen molar-refractivity contribution < 1.29 is 8.83 Å². The Kier molecular flexibility index (Phi) is 7.26. The third-order valence-electron chi connectivity index (χ3n) is 17.3. The largest absolute Gasteiger partial charge is 0.455 e. The molecule has 0 bridgehead atoms. The Bertz CT molecular complexity index is 3880. The van der Waals surface area contributed by atoms with Gasteiger partial charge in [0.2, 0.25) is 0 Å². The summed E-state index contributed by atoms with van der Waals surface area (Å²) in [6.45, 7) is 19.5. The summed E-state index contributed by atoms with van der Waals surface area (Å²) in [6.07, 6.45) is 0. The second-order valence-electron chi connectivity index (χ2n) is 22.3. The Morgan fingerprint density at radius 3 is 1.14 bits per heavy atom. The third-order valence-corrected chi connectivity index (χ3v) is 17.3. The van der Waals surface area contributed by atoms with Crippen LogP contribution in [0.2, 0.25) is 0 Å². The fourth-order valence-electron chi connectivity index (χ4n) is 14.3. The molecule has 0 N–H and O–H groups in total. The molecule has 3 nitrogen and oxygen atoms in total. The minimum atomic E-state index is -0.315. The molecule has 3 heteroatoms. The van der Waals surface area contributed by atoms with Gasteiger partial charge >= 0.3 is 0 Å². The number of nitrogens with zero attached hydrogens (tertiary/aromatic N) is 1. The molecular formula is C66H51NO2. The molecule has 0 atom stereocenters. The smallest absolute Gasteiger partial charge is 0.144 e. The molecule has 0 spiro atoms. The zero-order valence-corrected chi connectivity index (χ0v) is 40.4. The van der Waals surface area contributed by atoms with Gasteiger partial charge in [-0.25, -0.2) is 0 Å². The van der Waals surface area contributed by atoms with Crippen molar-refractivity contribution in [2.75, 3.05) is 4.90 Å². The predicted octanol–water partition coefficient (Wildman–Crippen LogP) is 18.2. The van der Waals surface area contributed by atoms with E-state index in [0.717, 1.165) is 39.4 Å². The van der Waals surface area contributed by atoms with Gasteiger partial charge in [-0.3, -0.25) is 0 Å². The molecule has 2 aromatic heterocycles. The first kappa shape index (κ1) is 39.4. The highest BCUT2D eigenvalue weighted by atomic mass is 16.3. The van der Waals surface area contributed by atoms with Gasteiger partial charge < -0.3 is 13.7 Å². The first-order chi connectivity index (χ1) is 33.3. The van der Waals surface area contributed by atoms with E-state index in [4.69, 9.17) is 8.83 Å². The Morgan fingerprint density at radius 2 is 0.681 bits per heavy atom. The zero-order valence-electron chi connectivity index (χ0n) is 40.4. The minimum absolute atomic E-state index is 0.220. The molecule has 2 heterocycles. The fourth-order valence-corrected chi connectivity index (χ4v) is 14.3. The molecular weight excluding hydrogens is 839 g/mol. The average molecular weight is 890 g/mol. The molecule has 0 amide bonds. The topological polar surface area (TPSA) is 29.5 Å². The van der Waals surface area contributed by atoms with E-state index < -0.39 is 0 Å². The lowest BCUT2D eigenvalue weighted by Gasteiger charge is -2.32. The minimum Gasteiger partial charge on any atom is -0.455 e. The average Bonchev–Trinajstić information content (AvgIpc) is 4.14. The number of hydrogen-bond acceptors (Lipinski definition) is 3. The molecule has 9 aromatic carbocycles. The van der Waals surface area contributed by atoms with E-state index >= 15 is 0 Å². The van der Waals surface area contributed by atoms with Crippen LogP contribution in [0, 0.1) is 0 Å². The van der Waals surface area contributed by atoms with Crippen LogP contribution in [0.1, 0.15) is 99.9 Å². The van der Waals surface area contributed by atoms with E-state index in [0.29, 0.717) is 0 Å². The number of benzene rings is 9. The lowest BCUT2D eigenvalue weighted by Crippen LogP contribution is -2.24. The van der Waals surface area contributed by atoms with Gasteiger partial charge in [0.05, 0.1) is 0 Å². The van der Waals surface area contributed by atoms with Crippen LogP contribution >= 0.6 is 0 Å². The van der Waals surface area contributed by atoms with Crippen molar-refractivity contribution in [3.05, 3.63) is 208 Å². The highest BCUT2D eigenvalue weighted by molar-refractivity contribution is 6.22. The summed E-state index contributed by atoms with van der Waals surface area (Å²) in [7, 11) is 0. The molecule has 332 valence electrons. The van der Waals surface area contributed by atoms with E-state index in [1.807, 2.05) is 0 Å². The van der Waals surface area contributed by atoms with Crippen molar-refractivity contribution >= 4 is 60.9 Å². The van der Waals surface area contributed by atoms with E-state index in [9.17, 15) is 0 Å². The van der Waals surface area contributed by atoms with Crippen molar-refractivity contribution in [3.63, 3.8) is 0 Å². The Labute approximate surface area is 402 Å². The van der Waals surface area contributed by atoms with Crippen LogP contribution in [0.15, 0.2) is 173 Å². The van der Waals surface area contributed by atoms with Gasteiger partial charge in [-0.15, -0.1) is 0 Å². The highest BCUT2D eigenvalue weighted by Gasteiger charge is 2.50. The number of hydrogen-bond donors (Lipinski definition) is 0. The highest BCUT2D eigenvalue weighted by Crippen LogP contribution is 2.66. The Morgan fingerprint density at radius 1 is 0.319 bits per heavy atom. The summed E-state index contributed by atoms with van der Waals surface area (Å²) >= 11 is 0. The van der Waals surface area contributed by atoms with E-state index in [1.165, 1.54) is 111 Å². The van der Waals surface area contributed by atoms with Crippen LogP contribution in [0.5, 0.6) is 0 Å². The quantitative estimate of drug-likeness (QED) is 0.177. The van der Waals surface area contributed by atoms with Gasteiger partial charge in [0.1, 0.15) is 22.3 Å². The van der Waals surface area contributed by atoms with Crippen molar-refractivity contribution in [1.29, 1.82) is 0 Å². The summed E-state index contributed by atoms with van der Waals surface area (Å²) in [5, 5.41) is 4.80. The molecule has 0 unspecified atom stereocenters. The van der Waals surface area contributed by atoms with Gasteiger partial charge in [-0.05, 0) is 126 Å². The molecule has 0 saturated carbocycles. The van der Waals surface area contributed by atoms with E-state index in [1.54, 1.807) is 0 Å². The zero-order chi connectivity index (χ0) is 46.7. The van der Waals surface area contributed by atoms with Crippen LogP contribution in [-0.4, -0.2) is 0 Å². The molecule has 0 radical (unpaired) electrons. The molecule has 11 aromatic rings. The second-order valence-corrected chi connectivity index (χ2v) is 22.3. The van der Waals surface area contributed by atoms with Gasteiger partial charge in [-0.1, -0.05) is 171 Å². The molecule has 15 rings (SSSR count).